The lowest BCUT2D eigenvalue weighted by Gasteiger charge is -2.12. The third-order valence-corrected chi connectivity index (χ3v) is 3.09. The van der Waals surface area contributed by atoms with Gasteiger partial charge >= 0.3 is 11.9 Å². The smallest absolute Gasteiger partial charge is 0.335 e. The summed E-state index contributed by atoms with van der Waals surface area (Å²) in [4.78, 5) is 22.0. The van der Waals surface area contributed by atoms with Crippen LogP contribution in [0.4, 0.5) is 0 Å². The molecule has 2 aromatic carbocycles. The second-order valence-electron chi connectivity index (χ2n) is 4.67. The molecule has 0 spiro atoms. The Bertz CT molecular complexity index is 657. The molecule has 0 atom stereocenters. The van der Waals surface area contributed by atoms with Crippen LogP contribution in [0, 0.1) is 13.8 Å². The van der Waals surface area contributed by atoms with Crippen LogP contribution in [0.3, 0.4) is 0 Å². The minimum atomic E-state index is -1.05. The first kappa shape index (κ1) is 14.6. The number of aromatic carboxylic acids is 2. The molecule has 5 heteroatoms. The Morgan fingerprint density at radius 3 is 1.52 bits per heavy atom. The van der Waals surface area contributed by atoms with E-state index in [4.69, 9.17) is 14.9 Å². The van der Waals surface area contributed by atoms with Gasteiger partial charge in [-0.05, 0) is 49.2 Å². The normalized spacial score (nSPS) is 10.2. The van der Waals surface area contributed by atoms with Crippen LogP contribution in [0.25, 0.3) is 0 Å². The molecule has 2 aromatic rings. The third kappa shape index (κ3) is 3.20. The van der Waals surface area contributed by atoms with Crippen LogP contribution in [0.2, 0.25) is 0 Å². The molecule has 21 heavy (non-hydrogen) atoms. The number of rotatable bonds is 4. The molecule has 0 radical (unpaired) electrons. The van der Waals surface area contributed by atoms with Crippen molar-refractivity contribution in [2.24, 2.45) is 0 Å². The zero-order valence-corrected chi connectivity index (χ0v) is 11.6. The number of aryl methyl sites for hydroxylation is 2. The quantitative estimate of drug-likeness (QED) is 0.898. The van der Waals surface area contributed by atoms with Crippen molar-refractivity contribution in [3.63, 3.8) is 0 Å². The fraction of sp³-hybridized carbons (Fsp3) is 0.125. The summed E-state index contributed by atoms with van der Waals surface area (Å²) in [5, 5.41) is 18.0. The Morgan fingerprint density at radius 2 is 1.19 bits per heavy atom. The first-order valence-corrected chi connectivity index (χ1v) is 6.24. The topological polar surface area (TPSA) is 83.8 Å². The molecule has 108 valence electrons. The molecule has 2 N–H and O–H groups in total. The Labute approximate surface area is 121 Å². The molecule has 0 aromatic heterocycles. The van der Waals surface area contributed by atoms with E-state index in [0.29, 0.717) is 11.5 Å². The van der Waals surface area contributed by atoms with Crippen molar-refractivity contribution in [2.75, 3.05) is 0 Å². The van der Waals surface area contributed by atoms with Crippen LogP contribution in [0.15, 0.2) is 36.4 Å². The van der Waals surface area contributed by atoms with Crippen molar-refractivity contribution >= 4 is 11.9 Å². The van der Waals surface area contributed by atoms with E-state index < -0.39 is 11.9 Å². The Hall–Kier alpha value is -2.82. The van der Waals surface area contributed by atoms with Gasteiger partial charge in [0.25, 0.3) is 0 Å². The number of carboxylic acid groups (broad SMARTS) is 2. The molecule has 0 aliphatic heterocycles. The van der Waals surface area contributed by atoms with Gasteiger partial charge in [-0.1, -0.05) is 12.1 Å². The third-order valence-electron chi connectivity index (χ3n) is 3.09. The van der Waals surface area contributed by atoms with Crippen molar-refractivity contribution < 1.29 is 24.5 Å². The van der Waals surface area contributed by atoms with Crippen molar-refractivity contribution in [3.05, 3.63) is 58.7 Å². The highest BCUT2D eigenvalue weighted by atomic mass is 16.5. The summed E-state index contributed by atoms with van der Waals surface area (Å²) in [5.74, 6) is -1.31. The van der Waals surface area contributed by atoms with Crippen molar-refractivity contribution in [2.45, 2.75) is 13.8 Å². The summed E-state index contributed by atoms with van der Waals surface area (Å²) in [6.45, 7) is 3.58. The second kappa shape index (κ2) is 5.66. The molecular weight excluding hydrogens is 272 g/mol. The molecule has 0 heterocycles. The fourth-order valence-corrected chi connectivity index (χ4v) is 1.80. The standard InChI is InChI=1S/C16H14O5/c1-9-3-5-11(15(17)18)7-13(9)21-14-8-12(16(19)20)6-4-10(14)2/h3-8H,1-2H3,(H,17,18)(H,19,20). The van der Waals surface area contributed by atoms with Crippen LogP contribution in [-0.2, 0) is 0 Å². The minimum Gasteiger partial charge on any atom is -0.478 e. The first-order valence-electron chi connectivity index (χ1n) is 6.24. The van der Waals surface area contributed by atoms with Gasteiger partial charge in [-0.3, -0.25) is 0 Å². The zero-order valence-electron chi connectivity index (χ0n) is 11.6. The van der Waals surface area contributed by atoms with Crippen molar-refractivity contribution in [1.82, 2.24) is 0 Å². The van der Waals surface area contributed by atoms with Crippen LogP contribution >= 0.6 is 0 Å². The molecule has 0 saturated carbocycles. The lowest BCUT2D eigenvalue weighted by atomic mass is 10.1. The molecular formula is C16H14O5. The van der Waals surface area contributed by atoms with Gasteiger partial charge < -0.3 is 14.9 Å². The van der Waals surface area contributed by atoms with Crippen LogP contribution in [0.5, 0.6) is 11.5 Å². The second-order valence-corrected chi connectivity index (χ2v) is 4.67. The summed E-state index contributed by atoms with van der Waals surface area (Å²) in [6.07, 6.45) is 0. The average Bonchev–Trinajstić information content (AvgIpc) is 2.43. The summed E-state index contributed by atoms with van der Waals surface area (Å²) in [5.41, 5.74) is 1.76. The summed E-state index contributed by atoms with van der Waals surface area (Å²) in [6, 6.07) is 9.12. The van der Waals surface area contributed by atoms with Gasteiger partial charge in [-0.25, -0.2) is 9.59 Å². The largest absolute Gasteiger partial charge is 0.478 e. The number of carbonyl (C=O) groups is 2. The first-order chi connectivity index (χ1) is 9.88. The number of benzene rings is 2. The highest BCUT2D eigenvalue weighted by Gasteiger charge is 2.11. The summed E-state index contributed by atoms with van der Waals surface area (Å²) in [7, 11) is 0. The van der Waals surface area contributed by atoms with E-state index in [1.54, 1.807) is 26.0 Å². The van der Waals surface area contributed by atoms with E-state index in [1.807, 2.05) is 0 Å². The monoisotopic (exact) mass is 286 g/mol. The maximum absolute atomic E-state index is 11.0. The predicted octanol–water partition coefficient (Wildman–Crippen LogP) is 3.49. The molecule has 0 aliphatic carbocycles. The Morgan fingerprint density at radius 1 is 0.810 bits per heavy atom. The molecule has 0 aliphatic rings. The molecule has 0 unspecified atom stereocenters. The van der Waals surface area contributed by atoms with Crippen LogP contribution in [0.1, 0.15) is 31.8 Å². The van der Waals surface area contributed by atoms with Crippen LogP contribution < -0.4 is 4.74 Å². The van der Waals surface area contributed by atoms with E-state index >= 15 is 0 Å². The highest BCUT2D eigenvalue weighted by Crippen LogP contribution is 2.29. The van der Waals surface area contributed by atoms with Crippen LogP contribution in [-0.4, -0.2) is 22.2 Å². The number of ether oxygens (including phenoxy) is 1. The maximum atomic E-state index is 11.0. The van der Waals surface area contributed by atoms with Crippen molar-refractivity contribution in [1.29, 1.82) is 0 Å². The van der Waals surface area contributed by atoms with E-state index in [-0.39, 0.29) is 11.1 Å². The molecule has 5 nitrogen and oxygen atoms in total. The zero-order chi connectivity index (χ0) is 15.6. The van der Waals surface area contributed by atoms with Gasteiger partial charge in [-0.15, -0.1) is 0 Å². The SMILES string of the molecule is Cc1ccc(C(=O)O)cc1Oc1cc(C(=O)O)ccc1C. The van der Waals surface area contributed by atoms with Crippen molar-refractivity contribution in [3.8, 4) is 11.5 Å². The molecule has 2 rings (SSSR count). The molecule has 0 bridgehead atoms. The van der Waals surface area contributed by atoms with Gasteiger partial charge in [0.1, 0.15) is 11.5 Å². The summed E-state index contributed by atoms with van der Waals surface area (Å²) >= 11 is 0. The predicted molar refractivity (Wildman–Crippen MR) is 76.4 cm³/mol. The van der Waals surface area contributed by atoms with Gasteiger partial charge in [0.2, 0.25) is 0 Å². The van der Waals surface area contributed by atoms with E-state index in [9.17, 15) is 9.59 Å². The molecule has 0 fully saturated rings. The van der Waals surface area contributed by atoms with Gasteiger partial charge in [-0.2, -0.15) is 0 Å². The fourth-order valence-electron chi connectivity index (χ4n) is 1.80. The lowest BCUT2D eigenvalue weighted by Crippen LogP contribution is -2.00. The Balaban J connectivity index is 2.42. The highest BCUT2D eigenvalue weighted by molar-refractivity contribution is 5.89. The summed E-state index contributed by atoms with van der Waals surface area (Å²) < 4.78 is 5.69. The lowest BCUT2D eigenvalue weighted by molar-refractivity contribution is 0.0686. The van der Waals surface area contributed by atoms with E-state index in [1.165, 1.54) is 24.3 Å². The Kier molecular flexibility index (Phi) is 3.93. The van der Waals surface area contributed by atoms with E-state index in [2.05, 4.69) is 0 Å². The number of carboxylic acids is 2. The molecule has 0 saturated heterocycles. The molecule has 0 amide bonds. The van der Waals surface area contributed by atoms with E-state index in [0.717, 1.165) is 11.1 Å². The van der Waals surface area contributed by atoms with Gasteiger partial charge in [0.05, 0.1) is 11.1 Å². The average molecular weight is 286 g/mol. The number of hydrogen-bond donors (Lipinski definition) is 2. The number of hydrogen-bond acceptors (Lipinski definition) is 3. The van der Waals surface area contributed by atoms with Gasteiger partial charge in [0, 0.05) is 0 Å². The maximum Gasteiger partial charge on any atom is 0.335 e. The minimum absolute atomic E-state index is 0.114. The van der Waals surface area contributed by atoms with Gasteiger partial charge in [0.15, 0.2) is 0 Å².